The van der Waals surface area contributed by atoms with Crippen molar-refractivity contribution in [2.75, 3.05) is 7.05 Å². The van der Waals surface area contributed by atoms with Crippen LogP contribution in [0, 0.1) is 11.8 Å². The first-order valence-electron chi connectivity index (χ1n) is 6.83. The Bertz CT molecular complexity index is 507. The summed E-state index contributed by atoms with van der Waals surface area (Å²) in [6.07, 6.45) is 0.0123. The first-order valence-corrected chi connectivity index (χ1v) is 6.83. The van der Waals surface area contributed by atoms with E-state index < -0.39 is 53.7 Å². The van der Waals surface area contributed by atoms with E-state index >= 15 is 0 Å². The van der Waals surface area contributed by atoms with Crippen molar-refractivity contribution in [3.63, 3.8) is 0 Å². The summed E-state index contributed by atoms with van der Waals surface area (Å²) in [5.41, 5.74) is 3.53. The van der Waals surface area contributed by atoms with Crippen LogP contribution in [0.1, 0.15) is 26.2 Å². The van der Waals surface area contributed by atoms with Gasteiger partial charge in [-0.25, -0.2) is 4.79 Å². The van der Waals surface area contributed by atoms with Gasteiger partial charge < -0.3 is 26.0 Å². The Labute approximate surface area is 126 Å². The maximum atomic E-state index is 12.1. The molecular formula is C13H20N2O7. The lowest BCUT2D eigenvalue weighted by Crippen LogP contribution is -2.68. The number of carbonyl (C=O) groups excluding carboxylic acids is 1. The van der Waals surface area contributed by atoms with Crippen LogP contribution >= 0.6 is 0 Å². The first-order chi connectivity index (χ1) is 10.1. The van der Waals surface area contributed by atoms with Crippen LogP contribution in [0.5, 0.6) is 0 Å². The lowest BCUT2D eigenvalue weighted by molar-refractivity contribution is -0.168. The molecule has 4 unspecified atom stereocenters. The number of hydrogen-bond acceptors (Lipinski definition) is 5. The van der Waals surface area contributed by atoms with E-state index in [1.54, 1.807) is 6.92 Å². The van der Waals surface area contributed by atoms with Crippen molar-refractivity contribution in [1.82, 2.24) is 4.90 Å². The zero-order valence-electron chi connectivity index (χ0n) is 12.4. The van der Waals surface area contributed by atoms with E-state index in [4.69, 9.17) is 10.8 Å². The fourth-order valence-electron chi connectivity index (χ4n) is 3.14. The molecular weight excluding hydrogens is 296 g/mol. The van der Waals surface area contributed by atoms with E-state index in [9.17, 15) is 29.4 Å². The van der Waals surface area contributed by atoms with Crippen LogP contribution in [0.25, 0.3) is 0 Å². The Morgan fingerprint density at radius 2 is 1.73 bits per heavy atom. The van der Waals surface area contributed by atoms with Gasteiger partial charge in [-0.3, -0.25) is 14.4 Å². The quantitative estimate of drug-likeness (QED) is 0.495. The van der Waals surface area contributed by atoms with Gasteiger partial charge in [-0.2, -0.15) is 0 Å². The van der Waals surface area contributed by atoms with Crippen molar-refractivity contribution in [3.8, 4) is 0 Å². The second-order valence-corrected chi connectivity index (χ2v) is 5.43. The van der Waals surface area contributed by atoms with Crippen LogP contribution in [-0.2, 0) is 19.2 Å². The second-order valence-electron chi connectivity index (χ2n) is 5.43. The van der Waals surface area contributed by atoms with Crippen LogP contribution < -0.4 is 5.73 Å². The third kappa shape index (κ3) is 2.52. The van der Waals surface area contributed by atoms with E-state index in [1.807, 2.05) is 0 Å². The molecule has 9 heteroatoms. The fourth-order valence-corrected chi connectivity index (χ4v) is 3.14. The van der Waals surface area contributed by atoms with E-state index in [-0.39, 0.29) is 6.42 Å². The second kappa shape index (κ2) is 6.30. The zero-order valence-corrected chi connectivity index (χ0v) is 12.4. The largest absolute Gasteiger partial charge is 0.481 e. The molecule has 0 saturated heterocycles. The molecule has 4 atom stereocenters. The molecule has 0 spiro atoms. The predicted molar refractivity (Wildman–Crippen MR) is 72.9 cm³/mol. The summed E-state index contributed by atoms with van der Waals surface area (Å²) in [6, 6.07) is -1.52. The molecule has 5 N–H and O–H groups in total. The summed E-state index contributed by atoms with van der Waals surface area (Å²) >= 11 is 0. The van der Waals surface area contributed by atoms with Gasteiger partial charge in [0.1, 0.15) is 0 Å². The minimum atomic E-state index is -2.28. The number of hydrogen-bond donors (Lipinski definition) is 4. The molecule has 124 valence electrons. The van der Waals surface area contributed by atoms with Crippen molar-refractivity contribution in [1.29, 1.82) is 0 Å². The molecule has 1 aliphatic carbocycles. The SMILES string of the molecule is CCCC(=O)N(C)C1(C(=O)O)C(C(=O)O)CC(C(=O)O)C1N. The molecule has 1 fully saturated rings. The predicted octanol–water partition coefficient (Wildman–Crippen LogP) is -0.799. The van der Waals surface area contributed by atoms with Gasteiger partial charge in [0.05, 0.1) is 17.9 Å². The molecule has 22 heavy (non-hydrogen) atoms. The Morgan fingerprint density at radius 3 is 2.09 bits per heavy atom. The number of carbonyl (C=O) groups is 4. The van der Waals surface area contributed by atoms with Crippen LogP contribution in [-0.4, -0.2) is 62.7 Å². The Morgan fingerprint density at radius 1 is 1.18 bits per heavy atom. The van der Waals surface area contributed by atoms with Crippen LogP contribution in [0.4, 0.5) is 0 Å². The molecule has 0 aromatic heterocycles. The van der Waals surface area contributed by atoms with E-state index in [0.29, 0.717) is 6.42 Å². The van der Waals surface area contributed by atoms with Gasteiger partial charge in [0.2, 0.25) is 5.91 Å². The maximum Gasteiger partial charge on any atom is 0.332 e. The molecule has 9 nitrogen and oxygen atoms in total. The smallest absolute Gasteiger partial charge is 0.332 e. The van der Waals surface area contributed by atoms with Crippen LogP contribution in [0.15, 0.2) is 0 Å². The van der Waals surface area contributed by atoms with Gasteiger partial charge in [-0.1, -0.05) is 6.92 Å². The number of likely N-dealkylation sites (N-methyl/N-ethyl adjacent to an activating group) is 1. The standard InChI is InChI=1S/C13H20N2O7/c1-3-4-8(16)15(2)13(12(21)22)7(11(19)20)5-6(9(13)14)10(17)18/h6-7,9H,3-5,14H2,1-2H3,(H,17,18)(H,19,20)(H,21,22). The third-order valence-corrected chi connectivity index (χ3v) is 4.31. The monoisotopic (exact) mass is 316 g/mol. The molecule has 0 aromatic carbocycles. The highest BCUT2D eigenvalue weighted by atomic mass is 16.4. The van der Waals surface area contributed by atoms with Crippen LogP contribution in [0.2, 0.25) is 0 Å². The number of nitrogens with two attached hydrogens (primary N) is 1. The molecule has 0 bridgehead atoms. The third-order valence-electron chi connectivity index (χ3n) is 4.31. The van der Waals surface area contributed by atoms with E-state index in [2.05, 4.69) is 0 Å². The van der Waals surface area contributed by atoms with Gasteiger partial charge in [-0.05, 0) is 12.8 Å². The van der Waals surface area contributed by atoms with E-state index in [1.165, 1.54) is 0 Å². The molecule has 1 aliphatic rings. The molecule has 1 saturated carbocycles. The normalized spacial score (nSPS) is 30.8. The lowest BCUT2D eigenvalue weighted by Gasteiger charge is -2.41. The number of nitrogens with zero attached hydrogens (tertiary/aromatic N) is 1. The number of carboxylic acid groups (broad SMARTS) is 3. The lowest BCUT2D eigenvalue weighted by atomic mass is 9.82. The zero-order chi connectivity index (χ0) is 17.2. The average molecular weight is 316 g/mol. The molecule has 1 amide bonds. The minimum absolute atomic E-state index is 0.0162. The summed E-state index contributed by atoms with van der Waals surface area (Å²) in [5, 5.41) is 28.1. The fraction of sp³-hybridized carbons (Fsp3) is 0.692. The van der Waals surface area contributed by atoms with Crippen molar-refractivity contribution < 1.29 is 34.5 Å². The highest BCUT2D eigenvalue weighted by molar-refractivity contribution is 5.95. The summed E-state index contributed by atoms with van der Waals surface area (Å²) in [7, 11) is 1.16. The topological polar surface area (TPSA) is 158 Å². The van der Waals surface area contributed by atoms with Gasteiger partial charge in [0, 0.05) is 13.5 Å². The summed E-state index contributed by atoms with van der Waals surface area (Å²) in [6.45, 7) is 1.71. The average Bonchev–Trinajstić information content (AvgIpc) is 2.72. The highest BCUT2D eigenvalue weighted by Crippen LogP contribution is 2.43. The van der Waals surface area contributed by atoms with Gasteiger partial charge in [-0.15, -0.1) is 0 Å². The molecule has 0 aromatic rings. The minimum Gasteiger partial charge on any atom is -0.481 e. The Kier molecular flexibility index (Phi) is 5.13. The maximum absolute atomic E-state index is 12.1. The van der Waals surface area contributed by atoms with Gasteiger partial charge in [0.15, 0.2) is 5.54 Å². The van der Waals surface area contributed by atoms with Crippen molar-refractivity contribution in [3.05, 3.63) is 0 Å². The van der Waals surface area contributed by atoms with Crippen LogP contribution in [0.3, 0.4) is 0 Å². The van der Waals surface area contributed by atoms with Crippen molar-refractivity contribution >= 4 is 23.8 Å². The number of amides is 1. The molecule has 1 rings (SSSR count). The molecule has 0 heterocycles. The number of carboxylic acids is 3. The Hall–Kier alpha value is -2.16. The molecule has 0 radical (unpaired) electrons. The molecule has 0 aliphatic heterocycles. The summed E-state index contributed by atoms with van der Waals surface area (Å²) in [5.74, 6) is -8.00. The number of aliphatic carboxylic acids is 3. The van der Waals surface area contributed by atoms with Crippen molar-refractivity contribution in [2.24, 2.45) is 17.6 Å². The van der Waals surface area contributed by atoms with Gasteiger partial charge >= 0.3 is 17.9 Å². The van der Waals surface area contributed by atoms with Gasteiger partial charge in [0.25, 0.3) is 0 Å². The summed E-state index contributed by atoms with van der Waals surface area (Å²) in [4.78, 5) is 47.4. The Balaban J connectivity index is 3.45. The van der Waals surface area contributed by atoms with Crippen molar-refractivity contribution in [2.45, 2.75) is 37.8 Å². The highest BCUT2D eigenvalue weighted by Gasteiger charge is 2.66. The van der Waals surface area contributed by atoms with E-state index in [0.717, 1.165) is 11.9 Å². The first kappa shape index (κ1) is 17.9. The number of rotatable bonds is 6. The summed E-state index contributed by atoms with van der Waals surface area (Å²) < 4.78 is 0.